The highest BCUT2D eigenvalue weighted by atomic mass is 16.6. The van der Waals surface area contributed by atoms with Crippen molar-refractivity contribution in [2.45, 2.75) is 19.4 Å². The van der Waals surface area contributed by atoms with Crippen molar-refractivity contribution in [2.24, 2.45) is 0 Å². The summed E-state index contributed by atoms with van der Waals surface area (Å²) in [5, 5.41) is 0. The molecule has 0 bridgehead atoms. The highest BCUT2D eigenvalue weighted by Gasteiger charge is 2.16. The number of fused-ring (bicyclic) bond motifs is 1. The summed E-state index contributed by atoms with van der Waals surface area (Å²) in [4.78, 5) is 13.7. The van der Waals surface area contributed by atoms with E-state index in [1.165, 1.54) is 0 Å². The molecule has 2 aromatic rings. The third-order valence-corrected chi connectivity index (χ3v) is 3.31. The predicted octanol–water partition coefficient (Wildman–Crippen LogP) is 1.65. The molecule has 0 saturated carbocycles. The Bertz CT molecular complexity index is 669. The van der Waals surface area contributed by atoms with Crippen LogP contribution in [0.15, 0.2) is 36.0 Å². The summed E-state index contributed by atoms with van der Waals surface area (Å²) in [5.74, 6) is 0.621. The molecule has 0 saturated heterocycles. The van der Waals surface area contributed by atoms with Crippen molar-refractivity contribution < 1.29 is 4.84 Å². The highest BCUT2D eigenvalue weighted by Crippen LogP contribution is 2.25. The Hall–Kier alpha value is -2.60. The first-order chi connectivity index (χ1) is 10.2. The molecule has 108 valence electrons. The lowest BCUT2D eigenvalue weighted by molar-refractivity contribution is 0.0475. The lowest BCUT2D eigenvalue weighted by atomic mass is 10.0. The zero-order chi connectivity index (χ0) is 14.7. The van der Waals surface area contributed by atoms with Crippen molar-refractivity contribution in [1.82, 2.24) is 15.4 Å². The molecule has 21 heavy (non-hydrogen) atoms. The SMILES string of the molecule is Nc1nc(N)c2c(n1)CCC(NOCc1ccccc1)=C2. The number of allylic oxidation sites excluding steroid dienone is 1. The van der Waals surface area contributed by atoms with Gasteiger partial charge in [-0.3, -0.25) is 10.3 Å². The van der Waals surface area contributed by atoms with Gasteiger partial charge in [0.25, 0.3) is 0 Å². The second kappa shape index (κ2) is 5.80. The largest absolute Gasteiger partial charge is 0.383 e. The molecule has 1 aromatic carbocycles. The molecule has 5 N–H and O–H groups in total. The summed E-state index contributed by atoms with van der Waals surface area (Å²) in [5.41, 5.74) is 18.2. The summed E-state index contributed by atoms with van der Waals surface area (Å²) in [7, 11) is 0. The number of hydrogen-bond acceptors (Lipinski definition) is 6. The van der Waals surface area contributed by atoms with Gasteiger partial charge in [0, 0.05) is 11.3 Å². The number of hydrogen-bond donors (Lipinski definition) is 3. The van der Waals surface area contributed by atoms with Crippen LogP contribution in [0.25, 0.3) is 6.08 Å². The molecule has 6 heteroatoms. The molecule has 0 fully saturated rings. The Balaban J connectivity index is 1.66. The number of anilines is 2. The van der Waals surface area contributed by atoms with Crippen molar-refractivity contribution >= 4 is 17.8 Å². The molecule has 3 rings (SSSR count). The minimum absolute atomic E-state index is 0.219. The number of aryl methyl sites for hydroxylation is 1. The van der Waals surface area contributed by atoms with Crippen molar-refractivity contribution in [3.8, 4) is 0 Å². The molecule has 0 amide bonds. The highest BCUT2D eigenvalue weighted by molar-refractivity contribution is 5.67. The van der Waals surface area contributed by atoms with Gasteiger partial charge in [-0.2, -0.15) is 4.98 Å². The Labute approximate surface area is 122 Å². The van der Waals surface area contributed by atoms with Crippen molar-refractivity contribution in [3.63, 3.8) is 0 Å². The van der Waals surface area contributed by atoms with E-state index in [-0.39, 0.29) is 5.95 Å². The molecule has 1 heterocycles. The van der Waals surface area contributed by atoms with Gasteiger partial charge in [-0.1, -0.05) is 30.3 Å². The standard InChI is InChI=1S/C15H17N5O/c16-14-12-8-11(6-7-13(12)18-15(17)19-14)20-21-9-10-4-2-1-3-5-10/h1-5,8,20H,6-7,9H2,(H4,16,17,18,19). The van der Waals surface area contributed by atoms with Crippen molar-refractivity contribution in [2.75, 3.05) is 11.5 Å². The number of nitrogens with two attached hydrogens (primary N) is 2. The first kappa shape index (κ1) is 13.4. The van der Waals surface area contributed by atoms with Crippen molar-refractivity contribution in [3.05, 3.63) is 52.8 Å². The third-order valence-electron chi connectivity index (χ3n) is 3.31. The number of hydroxylamine groups is 1. The minimum Gasteiger partial charge on any atom is -0.383 e. The van der Waals surface area contributed by atoms with Crippen LogP contribution in [-0.2, 0) is 17.9 Å². The Morgan fingerprint density at radius 3 is 2.71 bits per heavy atom. The number of benzene rings is 1. The van der Waals surface area contributed by atoms with E-state index in [1.54, 1.807) is 0 Å². The third kappa shape index (κ3) is 3.11. The fourth-order valence-electron chi connectivity index (χ4n) is 2.27. The molecule has 0 aliphatic heterocycles. The van der Waals surface area contributed by atoms with Crippen LogP contribution in [0.4, 0.5) is 11.8 Å². The second-order valence-electron chi connectivity index (χ2n) is 4.87. The minimum atomic E-state index is 0.219. The number of aromatic nitrogens is 2. The van der Waals surface area contributed by atoms with Crippen LogP contribution in [0.3, 0.4) is 0 Å². The molecule has 1 aliphatic carbocycles. The Morgan fingerprint density at radius 1 is 1.10 bits per heavy atom. The number of nitrogens with one attached hydrogen (secondary N) is 1. The Kier molecular flexibility index (Phi) is 3.70. The maximum absolute atomic E-state index is 5.88. The fraction of sp³-hybridized carbons (Fsp3) is 0.200. The van der Waals surface area contributed by atoms with E-state index in [4.69, 9.17) is 16.3 Å². The normalized spacial score (nSPS) is 13.4. The first-order valence-electron chi connectivity index (χ1n) is 6.76. The van der Waals surface area contributed by atoms with Gasteiger partial charge in [0.15, 0.2) is 0 Å². The van der Waals surface area contributed by atoms with Gasteiger partial charge in [-0.15, -0.1) is 0 Å². The van der Waals surface area contributed by atoms with Crippen LogP contribution in [0.1, 0.15) is 23.2 Å². The van der Waals surface area contributed by atoms with Gasteiger partial charge >= 0.3 is 0 Å². The van der Waals surface area contributed by atoms with Gasteiger partial charge in [-0.05, 0) is 24.5 Å². The Morgan fingerprint density at radius 2 is 1.90 bits per heavy atom. The van der Waals surface area contributed by atoms with Crippen LogP contribution < -0.4 is 16.9 Å². The quantitative estimate of drug-likeness (QED) is 0.738. The zero-order valence-corrected chi connectivity index (χ0v) is 11.5. The maximum atomic E-state index is 5.88. The zero-order valence-electron chi connectivity index (χ0n) is 11.5. The molecule has 6 nitrogen and oxygen atoms in total. The van der Waals surface area contributed by atoms with Crippen LogP contribution >= 0.6 is 0 Å². The second-order valence-corrected chi connectivity index (χ2v) is 4.87. The van der Waals surface area contributed by atoms with E-state index in [1.807, 2.05) is 36.4 Å². The molecule has 0 atom stereocenters. The van der Waals surface area contributed by atoms with E-state index in [2.05, 4.69) is 15.4 Å². The van der Waals surface area contributed by atoms with Gasteiger partial charge in [-0.25, -0.2) is 4.98 Å². The van der Waals surface area contributed by atoms with Gasteiger partial charge in [0.2, 0.25) is 5.95 Å². The van der Waals surface area contributed by atoms with E-state index in [0.717, 1.165) is 35.4 Å². The summed E-state index contributed by atoms with van der Waals surface area (Å²) in [6.07, 6.45) is 3.48. The van der Waals surface area contributed by atoms with Crippen LogP contribution in [0.2, 0.25) is 0 Å². The van der Waals surface area contributed by atoms with E-state index in [9.17, 15) is 0 Å². The van der Waals surface area contributed by atoms with Gasteiger partial charge in [0.05, 0.1) is 12.3 Å². The maximum Gasteiger partial charge on any atom is 0.222 e. The molecule has 0 radical (unpaired) electrons. The number of nitrogens with zero attached hydrogens (tertiary/aromatic N) is 2. The van der Waals surface area contributed by atoms with Crippen LogP contribution in [-0.4, -0.2) is 9.97 Å². The lowest BCUT2D eigenvalue weighted by Gasteiger charge is -2.18. The average molecular weight is 283 g/mol. The lowest BCUT2D eigenvalue weighted by Crippen LogP contribution is -2.18. The average Bonchev–Trinajstić information content (AvgIpc) is 2.49. The molecule has 0 unspecified atom stereocenters. The van der Waals surface area contributed by atoms with Gasteiger partial charge < -0.3 is 11.5 Å². The van der Waals surface area contributed by atoms with Crippen LogP contribution in [0.5, 0.6) is 0 Å². The summed E-state index contributed by atoms with van der Waals surface area (Å²) >= 11 is 0. The first-order valence-corrected chi connectivity index (χ1v) is 6.76. The van der Waals surface area contributed by atoms with E-state index >= 15 is 0 Å². The molecular formula is C15H17N5O. The summed E-state index contributed by atoms with van der Waals surface area (Å²) in [6, 6.07) is 9.97. The molecular weight excluding hydrogens is 266 g/mol. The van der Waals surface area contributed by atoms with E-state index < -0.39 is 0 Å². The molecule has 1 aliphatic rings. The van der Waals surface area contributed by atoms with E-state index in [0.29, 0.717) is 12.4 Å². The topological polar surface area (TPSA) is 99.1 Å². The summed E-state index contributed by atoms with van der Waals surface area (Å²) < 4.78 is 0. The monoisotopic (exact) mass is 283 g/mol. The number of rotatable bonds is 4. The van der Waals surface area contributed by atoms with Gasteiger partial charge in [0.1, 0.15) is 5.82 Å². The smallest absolute Gasteiger partial charge is 0.222 e. The van der Waals surface area contributed by atoms with Crippen LogP contribution in [0, 0.1) is 0 Å². The fourth-order valence-corrected chi connectivity index (χ4v) is 2.27. The number of nitrogen functional groups attached to an aromatic ring is 2. The molecule has 0 spiro atoms. The van der Waals surface area contributed by atoms with Crippen molar-refractivity contribution in [1.29, 1.82) is 0 Å². The molecule has 1 aromatic heterocycles. The predicted molar refractivity (Wildman–Crippen MR) is 81.5 cm³/mol. The summed E-state index contributed by atoms with van der Waals surface area (Å²) in [6.45, 7) is 0.499.